The zero-order chi connectivity index (χ0) is 10.3. The van der Waals surface area contributed by atoms with E-state index in [2.05, 4.69) is 49.4 Å². The van der Waals surface area contributed by atoms with Crippen molar-refractivity contribution in [3.05, 3.63) is 29.1 Å². The summed E-state index contributed by atoms with van der Waals surface area (Å²) < 4.78 is 2.25. The number of hydrogen-bond donors (Lipinski definition) is 0. The summed E-state index contributed by atoms with van der Waals surface area (Å²) in [6.07, 6.45) is 0. The fourth-order valence-corrected chi connectivity index (χ4v) is 1.90. The van der Waals surface area contributed by atoms with Crippen LogP contribution in [0.1, 0.15) is 23.9 Å². The van der Waals surface area contributed by atoms with Gasteiger partial charge in [0.1, 0.15) is 5.82 Å². The van der Waals surface area contributed by atoms with E-state index in [-0.39, 0.29) is 0 Å². The Bertz CT molecular complexity index is 481. The molecule has 2 rings (SSSR count). The van der Waals surface area contributed by atoms with Gasteiger partial charge < -0.3 is 4.57 Å². The molecule has 0 N–H and O–H groups in total. The lowest BCUT2D eigenvalue weighted by atomic mass is 10.1. The summed E-state index contributed by atoms with van der Waals surface area (Å²) in [4.78, 5) is 4.55. The van der Waals surface area contributed by atoms with Gasteiger partial charge in [-0.1, -0.05) is 0 Å². The van der Waals surface area contributed by atoms with Crippen molar-refractivity contribution in [2.45, 2.75) is 34.2 Å². The molecule has 2 nitrogen and oxygen atoms in total. The van der Waals surface area contributed by atoms with Crippen LogP contribution in [0.5, 0.6) is 0 Å². The summed E-state index contributed by atoms with van der Waals surface area (Å²) in [5.41, 5.74) is 5.03. The molecule has 14 heavy (non-hydrogen) atoms. The van der Waals surface area contributed by atoms with E-state index in [0.29, 0.717) is 0 Å². The maximum atomic E-state index is 4.55. The van der Waals surface area contributed by atoms with Crippen LogP contribution >= 0.6 is 0 Å². The van der Waals surface area contributed by atoms with Crippen molar-refractivity contribution in [3.8, 4) is 0 Å². The van der Waals surface area contributed by atoms with Crippen LogP contribution in [-0.4, -0.2) is 9.55 Å². The lowest BCUT2D eigenvalue weighted by molar-refractivity contribution is 0.753. The van der Waals surface area contributed by atoms with Gasteiger partial charge in [-0.25, -0.2) is 4.98 Å². The predicted octanol–water partition coefficient (Wildman–Crippen LogP) is 2.98. The highest BCUT2D eigenvalue weighted by Gasteiger charge is 2.06. The number of rotatable bonds is 1. The minimum atomic E-state index is 0.991. The van der Waals surface area contributed by atoms with Gasteiger partial charge in [0.15, 0.2) is 0 Å². The molecule has 0 amide bonds. The molecule has 74 valence electrons. The molecule has 0 saturated heterocycles. The zero-order valence-electron chi connectivity index (χ0n) is 9.26. The molecule has 0 aliphatic rings. The lowest BCUT2D eigenvalue weighted by Gasteiger charge is -2.03. The first kappa shape index (κ1) is 9.25. The van der Waals surface area contributed by atoms with Crippen molar-refractivity contribution in [2.24, 2.45) is 0 Å². The van der Waals surface area contributed by atoms with Crippen molar-refractivity contribution < 1.29 is 0 Å². The van der Waals surface area contributed by atoms with Crippen LogP contribution in [0.3, 0.4) is 0 Å². The van der Waals surface area contributed by atoms with Gasteiger partial charge in [0.25, 0.3) is 0 Å². The third-order valence-electron chi connectivity index (χ3n) is 2.87. The summed E-state index contributed by atoms with van der Waals surface area (Å²) in [7, 11) is 0. The standard InChI is InChI=1S/C12H16N2/c1-5-14-10(4)13-11-6-8(2)9(3)7-12(11)14/h6-7H,5H2,1-4H3. The first-order valence-electron chi connectivity index (χ1n) is 5.07. The first-order chi connectivity index (χ1) is 6.63. The van der Waals surface area contributed by atoms with Gasteiger partial charge in [-0.3, -0.25) is 0 Å². The van der Waals surface area contributed by atoms with E-state index in [0.717, 1.165) is 17.9 Å². The second kappa shape index (κ2) is 3.12. The highest BCUT2D eigenvalue weighted by molar-refractivity contribution is 5.78. The topological polar surface area (TPSA) is 17.8 Å². The molecule has 0 radical (unpaired) electrons. The molecule has 0 unspecified atom stereocenters. The number of imidazole rings is 1. The largest absolute Gasteiger partial charge is 0.328 e. The van der Waals surface area contributed by atoms with Crippen molar-refractivity contribution in [2.75, 3.05) is 0 Å². The van der Waals surface area contributed by atoms with Crippen LogP contribution in [0, 0.1) is 20.8 Å². The van der Waals surface area contributed by atoms with Crippen LogP contribution in [0.4, 0.5) is 0 Å². The summed E-state index contributed by atoms with van der Waals surface area (Å²) in [6.45, 7) is 9.49. The Morgan fingerprint density at radius 3 is 2.43 bits per heavy atom. The zero-order valence-corrected chi connectivity index (χ0v) is 9.26. The van der Waals surface area contributed by atoms with Gasteiger partial charge >= 0.3 is 0 Å². The van der Waals surface area contributed by atoms with E-state index in [1.807, 2.05) is 0 Å². The number of fused-ring (bicyclic) bond motifs is 1. The Morgan fingerprint density at radius 2 is 1.79 bits per heavy atom. The molecule has 1 aromatic heterocycles. The van der Waals surface area contributed by atoms with E-state index in [4.69, 9.17) is 0 Å². The quantitative estimate of drug-likeness (QED) is 0.672. The molecule has 0 aliphatic carbocycles. The van der Waals surface area contributed by atoms with Gasteiger partial charge in [-0.15, -0.1) is 0 Å². The van der Waals surface area contributed by atoms with E-state index in [1.165, 1.54) is 16.6 Å². The van der Waals surface area contributed by atoms with Gasteiger partial charge in [-0.05, 0) is 51.0 Å². The molecule has 0 fully saturated rings. The first-order valence-corrected chi connectivity index (χ1v) is 5.07. The highest BCUT2D eigenvalue weighted by atomic mass is 15.1. The maximum Gasteiger partial charge on any atom is 0.106 e. The number of nitrogens with zero attached hydrogens (tertiary/aromatic N) is 2. The monoisotopic (exact) mass is 188 g/mol. The smallest absolute Gasteiger partial charge is 0.106 e. The molecule has 0 bridgehead atoms. The average molecular weight is 188 g/mol. The fraction of sp³-hybridized carbons (Fsp3) is 0.417. The van der Waals surface area contributed by atoms with Crippen molar-refractivity contribution in [3.63, 3.8) is 0 Å². The average Bonchev–Trinajstić information content (AvgIpc) is 2.42. The molecular weight excluding hydrogens is 172 g/mol. The summed E-state index contributed by atoms with van der Waals surface area (Å²) in [6, 6.07) is 4.40. The Labute approximate surface area is 84.6 Å². The fourth-order valence-electron chi connectivity index (χ4n) is 1.90. The van der Waals surface area contributed by atoms with E-state index in [9.17, 15) is 0 Å². The number of aromatic nitrogens is 2. The van der Waals surface area contributed by atoms with Crippen LogP contribution in [0.15, 0.2) is 12.1 Å². The normalized spacial score (nSPS) is 11.1. The van der Waals surface area contributed by atoms with Crippen molar-refractivity contribution in [1.82, 2.24) is 9.55 Å². The lowest BCUT2D eigenvalue weighted by Crippen LogP contribution is -1.96. The Hall–Kier alpha value is -1.31. The van der Waals surface area contributed by atoms with Crippen molar-refractivity contribution >= 4 is 11.0 Å². The third-order valence-corrected chi connectivity index (χ3v) is 2.87. The molecule has 1 aromatic carbocycles. The minimum absolute atomic E-state index is 0.991. The molecule has 0 atom stereocenters. The number of hydrogen-bond acceptors (Lipinski definition) is 1. The van der Waals surface area contributed by atoms with Crippen LogP contribution in [0.2, 0.25) is 0 Å². The number of aryl methyl sites for hydroxylation is 4. The van der Waals surface area contributed by atoms with Crippen LogP contribution in [0.25, 0.3) is 11.0 Å². The van der Waals surface area contributed by atoms with E-state index >= 15 is 0 Å². The maximum absolute atomic E-state index is 4.55. The summed E-state index contributed by atoms with van der Waals surface area (Å²) in [5, 5.41) is 0. The predicted molar refractivity (Wildman–Crippen MR) is 59.6 cm³/mol. The molecule has 0 spiro atoms. The third kappa shape index (κ3) is 1.22. The van der Waals surface area contributed by atoms with Gasteiger partial charge in [0.05, 0.1) is 11.0 Å². The molecule has 2 heteroatoms. The molecule has 0 aliphatic heterocycles. The van der Waals surface area contributed by atoms with Crippen LogP contribution < -0.4 is 0 Å². The summed E-state index contributed by atoms with van der Waals surface area (Å²) >= 11 is 0. The highest BCUT2D eigenvalue weighted by Crippen LogP contribution is 2.20. The van der Waals surface area contributed by atoms with Crippen molar-refractivity contribution in [1.29, 1.82) is 0 Å². The van der Waals surface area contributed by atoms with E-state index < -0.39 is 0 Å². The molecular formula is C12H16N2. The van der Waals surface area contributed by atoms with E-state index in [1.54, 1.807) is 0 Å². The molecule has 2 aromatic rings. The minimum Gasteiger partial charge on any atom is -0.328 e. The van der Waals surface area contributed by atoms with Crippen LogP contribution in [-0.2, 0) is 6.54 Å². The Balaban J connectivity index is 2.82. The Morgan fingerprint density at radius 1 is 1.14 bits per heavy atom. The Kier molecular flexibility index (Phi) is 2.06. The van der Waals surface area contributed by atoms with Gasteiger partial charge in [0, 0.05) is 6.54 Å². The molecule has 0 saturated carbocycles. The summed E-state index contributed by atoms with van der Waals surface area (Å²) in [5.74, 6) is 1.10. The second-order valence-corrected chi connectivity index (χ2v) is 3.83. The second-order valence-electron chi connectivity index (χ2n) is 3.83. The number of benzene rings is 1. The van der Waals surface area contributed by atoms with Gasteiger partial charge in [-0.2, -0.15) is 0 Å². The van der Waals surface area contributed by atoms with Gasteiger partial charge in [0.2, 0.25) is 0 Å². The molecule has 1 heterocycles. The SMILES string of the molecule is CCn1c(C)nc2cc(C)c(C)cc21.